The van der Waals surface area contributed by atoms with Gasteiger partial charge in [0.1, 0.15) is 0 Å². The molecule has 6 heteroatoms. The van der Waals surface area contributed by atoms with E-state index < -0.39 is 5.97 Å². The largest absolute Gasteiger partial charge is 0.476 e. The predicted molar refractivity (Wildman–Crippen MR) is 60.7 cm³/mol. The Labute approximate surface area is 97.7 Å². The molecule has 2 aromatic heterocycles. The van der Waals surface area contributed by atoms with Crippen LogP contribution in [0.5, 0.6) is 0 Å². The molecule has 2 rings (SSSR count). The Morgan fingerprint density at radius 1 is 1.53 bits per heavy atom. The minimum absolute atomic E-state index is 0.0164. The van der Waals surface area contributed by atoms with Gasteiger partial charge in [-0.25, -0.2) is 4.79 Å². The van der Waals surface area contributed by atoms with Gasteiger partial charge in [0, 0.05) is 25.0 Å². The van der Waals surface area contributed by atoms with Crippen LogP contribution in [-0.4, -0.2) is 37.1 Å². The van der Waals surface area contributed by atoms with Gasteiger partial charge in [-0.2, -0.15) is 5.10 Å². The molecule has 90 valence electrons. The molecule has 0 atom stereocenters. The molecule has 0 amide bonds. The first-order valence-electron chi connectivity index (χ1n) is 5.16. The zero-order chi connectivity index (χ0) is 12.4. The van der Waals surface area contributed by atoms with Crippen molar-refractivity contribution in [3.05, 3.63) is 30.2 Å². The van der Waals surface area contributed by atoms with Crippen molar-refractivity contribution in [1.82, 2.24) is 14.3 Å². The van der Waals surface area contributed by atoms with Crippen molar-refractivity contribution in [2.45, 2.75) is 6.54 Å². The van der Waals surface area contributed by atoms with Crippen LogP contribution in [0.1, 0.15) is 10.5 Å². The molecule has 0 spiro atoms. The number of nitrogens with zero attached hydrogens (tertiary/aromatic N) is 3. The molecule has 2 N–H and O–H groups in total. The highest BCUT2D eigenvalue weighted by atomic mass is 16.4. The molecule has 0 bridgehead atoms. The summed E-state index contributed by atoms with van der Waals surface area (Å²) in [5, 5.41) is 21.8. The Balaban J connectivity index is 2.47. The van der Waals surface area contributed by atoms with Crippen molar-refractivity contribution in [2.24, 2.45) is 7.05 Å². The summed E-state index contributed by atoms with van der Waals surface area (Å²) in [6.07, 6.45) is 3.74. The number of aliphatic hydroxyl groups is 1. The molecular formula is C11H13N3O3. The highest BCUT2D eigenvalue weighted by Gasteiger charge is 2.14. The summed E-state index contributed by atoms with van der Waals surface area (Å²) in [7, 11) is 1.88. The first-order chi connectivity index (χ1) is 8.11. The van der Waals surface area contributed by atoms with Crippen LogP contribution in [0.4, 0.5) is 0 Å². The summed E-state index contributed by atoms with van der Waals surface area (Å²) >= 11 is 0. The Kier molecular flexibility index (Phi) is 2.97. The Hall–Kier alpha value is -2.08. The number of hydrogen-bond donors (Lipinski definition) is 2. The molecule has 0 radical (unpaired) electrons. The van der Waals surface area contributed by atoms with E-state index in [1.54, 1.807) is 0 Å². The number of carbonyl (C=O) groups is 1. The fraction of sp³-hybridized carbons (Fsp3) is 0.273. The molecule has 0 aliphatic rings. The molecule has 2 aromatic rings. The fourth-order valence-corrected chi connectivity index (χ4v) is 1.67. The summed E-state index contributed by atoms with van der Waals surface area (Å²) in [5.74, 6) is -1.07. The third-order valence-electron chi connectivity index (χ3n) is 2.44. The SMILES string of the molecule is Cn1ccc(-c2cc(C(=O)O)nn2CCO)c1. The number of carboxylic acid groups (broad SMARTS) is 1. The minimum atomic E-state index is -1.07. The number of aliphatic hydroxyl groups excluding tert-OH is 1. The van der Waals surface area contributed by atoms with Crippen molar-refractivity contribution in [3.63, 3.8) is 0 Å². The predicted octanol–water partition coefficient (Wildman–Crippen LogP) is 0.579. The second-order valence-corrected chi connectivity index (χ2v) is 3.73. The third-order valence-corrected chi connectivity index (χ3v) is 2.44. The topological polar surface area (TPSA) is 80.3 Å². The second-order valence-electron chi connectivity index (χ2n) is 3.73. The number of carboxylic acids is 1. The second kappa shape index (κ2) is 4.42. The number of aromatic nitrogens is 3. The summed E-state index contributed by atoms with van der Waals surface area (Å²) in [4.78, 5) is 10.9. The number of aromatic carboxylic acids is 1. The van der Waals surface area contributed by atoms with Crippen LogP contribution < -0.4 is 0 Å². The zero-order valence-corrected chi connectivity index (χ0v) is 9.37. The van der Waals surface area contributed by atoms with Crippen LogP contribution in [0.3, 0.4) is 0 Å². The monoisotopic (exact) mass is 235 g/mol. The number of rotatable bonds is 4. The van der Waals surface area contributed by atoms with Gasteiger partial charge in [-0.05, 0) is 12.1 Å². The lowest BCUT2D eigenvalue weighted by Gasteiger charge is -2.02. The molecule has 0 fully saturated rings. The summed E-state index contributed by atoms with van der Waals surface area (Å²) in [5.41, 5.74) is 1.55. The van der Waals surface area contributed by atoms with Gasteiger partial charge in [0.25, 0.3) is 0 Å². The molecule has 0 unspecified atom stereocenters. The molecule has 0 aliphatic heterocycles. The van der Waals surface area contributed by atoms with Crippen LogP contribution >= 0.6 is 0 Å². The normalized spacial score (nSPS) is 10.7. The molecule has 17 heavy (non-hydrogen) atoms. The van der Waals surface area contributed by atoms with Crippen LogP contribution in [0.2, 0.25) is 0 Å². The highest BCUT2D eigenvalue weighted by Crippen LogP contribution is 2.20. The number of aryl methyl sites for hydroxylation is 1. The van der Waals surface area contributed by atoms with Gasteiger partial charge in [-0.1, -0.05) is 0 Å². The molecule has 0 aromatic carbocycles. The number of hydrogen-bond acceptors (Lipinski definition) is 3. The first-order valence-corrected chi connectivity index (χ1v) is 5.16. The van der Waals surface area contributed by atoms with E-state index in [0.717, 1.165) is 5.56 Å². The molecule has 0 saturated heterocycles. The van der Waals surface area contributed by atoms with E-state index in [1.807, 2.05) is 30.1 Å². The first kappa shape index (κ1) is 11.4. The maximum atomic E-state index is 10.9. The lowest BCUT2D eigenvalue weighted by molar-refractivity contribution is 0.0689. The van der Waals surface area contributed by atoms with Gasteiger partial charge < -0.3 is 14.8 Å². The maximum absolute atomic E-state index is 10.9. The van der Waals surface area contributed by atoms with Crippen molar-refractivity contribution < 1.29 is 15.0 Å². The van der Waals surface area contributed by atoms with Crippen molar-refractivity contribution in [1.29, 1.82) is 0 Å². The van der Waals surface area contributed by atoms with Gasteiger partial charge >= 0.3 is 5.97 Å². The van der Waals surface area contributed by atoms with Crippen LogP contribution in [0.25, 0.3) is 11.3 Å². The van der Waals surface area contributed by atoms with Crippen molar-refractivity contribution >= 4 is 5.97 Å². The highest BCUT2D eigenvalue weighted by molar-refractivity contribution is 5.86. The Morgan fingerprint density at radius 2 is 2.29 bits per heavy atom. The van der Waals surface area contributed by atoms with E-state index in [0.29, 0.717) is 5.69 Å². The molecule has 6 nitrogen and oxygen atoms in total. The minimum Gasteiger partial charge on any atom is -0.476 e. The van der Waals surface area contributed by atoms with Gasteiger partial charge in [0.2, 0.25) is 0 Å². The van der Waals surface area contributed by atoms with Crippen molar-refractivity contribution in [2.75, 3.05) is 6.61 Å². The molecule has 0 aliphatic carbocycles. The van der Waals surface area contributed by atoms with E-state index in [9.17, 15) is 4.79 Å². The quantitative estimate of drug-likeness (QED) is 0.812. The summed E-state index contributed by atoms with van der Waals surface area (Å²) in [6.45, 7) is 0.193. The van der Waals surface area contributed by atoms with Gasteiger partial charge in [-0.15, -0.1) is 0 Å². The molecule has 0 saturated carbocycles. The van der Waals surface area contributed by atoms with Crippen LogP contribution in [0, 0.1) is 0 Å². The standard InChI is InChI=1S/C11H13N3O3/c1-13-3-2-8(7-13)10-6-9(11(16)17)12-14(10)4-5-15/h2-3,6-7,15H,4-5H2,1H3,(H,16,17). The van der Waals surface area contributed by atoms with E-state index >= 15 is 0 Å². The van der Waals surface area contributed by atoms with Crippen LogP contribution in [0.15, 0.2) is 24.5 Å². The average Bonchev–Trinajstić information content (AvgIpc) is 2.85. The Morgan fingerprint density at radius 3 is 2.82 bits per heavy atom. The molecule has 2 heterocycles. The van der Waals surface area contributed by atoms with E-state index in [1.165, 1.54) is 10.7 Å². The smallest absolute Gasteiger partial charge is 0.356 e. The zero-order valence-electron chi connectivity index (χ0n) is 9.37. The van der Waals surface area contributed by atoms with Crippen LogP contribution in [-0.2, 0) is 13.6 Å². The summed E-state index contributed by atoms with van der Waals surface area (Å²) < 4.78 is 3.37. The van der Waals surface area contributed by atoms with Gasteiger partial charge in [-0.3, -0.25) is 4.68 Å². The molecular weight excluding hydrogens is 222 g/mol. The Bertz CT molecular complexity index is 542. The van der Waals surface area contributed by atoms with Gasteiger partial charge in [0.05, 0.1) is 18.8 Å². The lowest BCUT2D eigenvalue weighted by atomic mass is 10.2. The van der Waals surface area contributed by atoms with E-state index in [-0.39, 0.29) is 18.8 Å². The lowest BCUT2D eigenvalue weighted by Crippen LogP contribution is -2.07. The van der Waals surface area contributed by atoms with Gasteiger partial charge in [0.15, 0.2) is 5.69 Å². The van der Waals surface area contributed by atoms with E-state index in [4.69, 9.17) is 10.2 Å². The average molecular weight is 235 g/mol. The maximum Gasteiger partial charge on any atom is 0.356 e. The van der Waals surface area contributed by atoms with Crippen molar-refractivity contribution in [3.8, 4) is 11.3 Å². The third kappa shape index (κ3) is 2.21. The summed E-state index contributed by atoms with van der Waals surface area (Å²) in [6, 6.07) is 3.38. The fourth-order valence-electron chi connectivity index (χ4n) is 1.67. The van der Waals surface area contributed by atoms with E-state index in [2.05, 4.69) is 5.10 Å².